The number of anilines is 1. The third kappa shape index (κ3) is 4.73. The number of thiazole rings is 1. The second-order valence-corrected chi connectivity index (χ2v) is 8.17. The largest absolute Gasteiger partial charge is 0.296 e. The van der Waals surface area contributed by atoms with Crippen molar-refractivity contribution in [1.82, 2.24) is 9.97 Å². The van der Waals surface area contributed by atoms with Crippen LogP contribution < -0.4 is 5.32 Å². The fraction of sp³-hybridized carbons (Fsp3) is 0.118. The minimum absolute atomic E-state index is 0.272. The number of pyridine rings is 1. The van der Waals surface area contributed by atoms with Crippen LogP contribution in [-0.4, -0.2) is 15.9 Å². The Bertz CT molecular complexity index is 900. The van der Waals surface area contributed by atoms with Crippen molar-refractivity contribution in [3.8, 4) is 0 Å². The minimum Gasteiger partial charge on any atom is -0.296 e. The second kappa shape index (κ2) is 8.19. The Kier molecular flexibility index (Phi) is 5.96. The number of hydrogen-bond acceptors (Lipinski definition) is 5. The molecule has 0 radical (unpaired) electrons. The average Bonchev–Trinajstić information content (AvgIpc) is 2.94. The molecule has 0 aliphatic heterocycles. The monoisotopic (exact) mass is 409 g/mol. The average molecular weight is 410 g/mol. The number of amides is 1. The number of nitrogens with zero attached hydrogens (tertiary/aromatic N) is 2. The number of hydrogen-bond donors (Lipinski definition) is 1. The second-order valence-electron chi connectivity index (χ2n) is 5.09. The van der Waals surface area contributed by atoms with Gasteiger partial charge in [-0.15, -0.1) is 11.8 Å². The molecule has 0 fully saturated rings. The van der Waals surface area contributed by atoms with E-state index in [1.54, 1.807) is 42.2 Å². The lowest BCUT2D eigenvalue weighted by molar-refractivity contribution is 0.102. The Morgan fingerprint density at radius 2 is 2.12 bits per heavy atom. The molecule has 0 saturated carbocycles. The van der Waals surface area contributed by atoms with Gasteiger partial charge >= 0.3 is 0 Å². The maximum atomic E-state index is 12.1. The van der Waals surface area contributed by atoms with Gasteiger partial charge in [0, 0.05) is 22.0 Å². The molecular formula is C17H13Cl2N3OS2. The SMILES string of the molecule is Cc1nc(NC(=O)c2ccccn2)sc1SCc1ccc(Cl)cc1Cl. The first-order chi connectivity index (χ1) is 12.0. The fourth-order valence-electron chi connectivity index (χ4n) is 2.01. The Labute approximate surface area is 163 Å². The van der Waals surface area contributed by atoms with E-state index >= 15 is 0 Å². The van der Waals surface area contributed by atoms with Gasteiger partial charge in [-0.3, -0.25) is 15.1 Å². The normalized spacial score (nSPS) is 10.7. The number of aryl methyl sites for hydroxylation is 1. The van der Waals surface area contributed by atoms with E-state index in [4.69, 9.17) is 23.2 Å². The van der Waals surface area contributed by atoms with Crippen molar-refractivity contribution in [2.24, 2.45) is 0 Å². The lowest BCUT2D eigenvalue weighted by atomic mass is 10.2. The molecule has 1 amide bonds. The summed E-state index contributed by atoms with van der Waals surface area (Å²) < 4.78 is 1.03. The molecule has 4 nitrogen and oxygen atoms in total. The molecular weight excluding hydrogens is 397 g/mol. The van der Waals surface area contributed by atoms with E-state index < -0.39 is 0 Å². The molecule has 0 spiro atoms. The van der Waals surface area contributed by atoms with Crippen LogP contribution in [0.25, 0.3) is 0 Å². The van der Waals surface area contributed by atoms with Crippen molar-refractivity contribution in [3.63, 3.8) is 0 Å². The third-order valence-corrected chi connectivity index (χ3v) is 6.32. The van der Waals surface area contributed by atoms with Gasteiger partial charge in [0.15, 0.2) is 5.13 Å². The number of thioether (sulfide) groups is 1. The number of halogens is 2. The van der Waals surface area contributed by atoms with Crippen LogP contribution in [0.3, 0.4) is 0 Å². The van der Waals surface area contributed by atoms with Gasteiger partial charge in [-0.05, 0) is 36.8 Å². The summed E-state index contributed by atoms with van der Waals surface area (Å²) >= 11 is 15.2. The maximum Gasteiger partial charge on any atom is 0.276 e. The van der Waals surface area contributed by atoms with E-state index in [2.05, 4.69) is 15.3 Å². The molecule has 3 rings (SSSR count). The summed E-state index contributed by atoms with van der Waals surface area (Å²) in [6.07, 6.45) is 1.58. The van der Waals surface area contributed by atoms with Crippen molar-refractivity contribution in [2.45, 2.75) is 16.9 Å². The first-order valence-electron chi connectivity index (χ1n) is 7.29. The summed E-state index contributed by atoms with van der Waals surface area (Å²) in [6, 6.07) is 10.7. The predicted molar refractivity (Wildman–Crippen MR) is 105 cm³/mol. The third-order valence-electron chi connectivity index (χ3n) is 3.25. The van der Waals surface area contributed by atoms with Crippen LogP contribution in [-0.2, 0) is 5.75 Å². The molecule has 3 aromatic rings. The van der Waals surface area contributed by atoms with Crippen LogP contribution in [0.1, 0.15) is 21.7 Å². The molecule has 1 N–H and O–H groups in total. The number of rotatable bonds is 5. The molecule has 0 saturated heterocycles. The van der Waals surface area contributed by atoms with Gasteiger partial charge in [0.2, 0.25) is 0 Å². The zero-order valence-corrected chi connectivity index (χ0v) is 16.3. The smallest absolute Gasteiger partial charge is 0.276 e. The van der Waals surface area contributed by atoms with Crippen molar-refractivity contribution >= 4 is 57.3 Å². The quantitative estimate of drug-likeness (QED) is 0.549. The lowest BCUT2D eigenvalue weighted by Gasteiger charge is -2.03. The zero-order chi connectivity index (χ0) is 17.8. The topological polar surface area (TPSA) is 54.9 Å². The van der Waals surface area contributed by atoms with Gasteiger partial charge in [-0.2, -0.15) is 0 Å². The predicted octanol–water partition coefficient (Wildman–Crippen LogP) is 5.70. The summed E-state index contributed by atoms with van der Waals surface area (Å²) in [5.41, 5.74) is 2.23. The molecule has 0 atom stereocenters. The van der Waals surface area contributed by atoms with Crippen LogP contribution in [0.4, 0.5) is 5.13 Å². The Morgan fingerprint density at radius 1 is 1.28 bits per heavy atom. The standard InChI is InChI=1S/C17H13Cl2N3OS2/c1-10-16(24-9-11-5-6-12(18)8-13(11)19)25-17(21-10)22-15(23)14-4-2-3-7-20-14/h2-8H,9H2,1H3,(H,21,22,23). The van der Waals surface area contributed by atoms with Crippen molar-refractivity contribution in [1.29, 1.82) is 0 Å². The van der Waals surface area contributed by atoms with Crippen LogP contribution in [0.15, 0.2) is 46.8 Å². The van der Waals surface area contributed by atoms with E-state index in [-0.39, 0.29) is 5.91 Å². The van der Waals surface area contributed by atoms with Crippen molar-refractivity contribution in [3.05, 3.63) is 69.6 Å². The van der Waals surface area contributed by atoms with E-state index in [1.165, 1.54) is 11.3 Å². The van der Waals surface area contributed by atoms with Gasteiger partial charge in [0.05, 0.1) is 9.90 Å². The van der Waals surface area contributed by atoms with E-state index in [1.807, 2.05) is 19.1 Å². The molecule has 2 aromatic heterocycles. The number of nitrogens with one attached hydrogen (secondary N) is 1. The molecule has 1 aromatic carbocycles. The number of benzene rings is 1. The van der Waals surface area contributed by atoms with Gasteiger partial charge in [0.1, 0.15) is 5.69 Å². The molecule has 8 heteroatoms. The molecule has 25 heavy (non-hydrogen) atoms. The highest BCUT2D eigenvalue weighted by Crippen LogP contribution is 2.35. The summed E-state index contributed by atoms with van der Waals surface area (Å²) in [6.45, 7) is 1.92. The van der Waals surface area contributed by atoms with Gasteiger partial charge < -0.3 is 0 Å². The summed E-state index contributed by atoms with van der Waals surface area (Å²) in [7, 11) is 0. The number of carbonyl (C=O) groups is 1. The fourth-order valence-corrected chi connectivity index (χ4v) is 4.70. The van der Waals surface area contributed by atoms with E-state index in [0.717, 1.165) is 15.5 Å². The molecule has 128 valence electrons. The number of carbonyl (C=O) groups excluding carboxylic acids is 1. The zero-order valence-electron chi connectivity index (χ0n) is 13.1. The van der Waals surface area contributed by atoms with Gasteiger partial charge in [0.25, 0.3) is 5.91 Å². The first kappa shape index (κ1) is 18.2. The van der Waals surface area contributed by atoms with Gasteiger partial charge in [-0.25, -0.2) is 4.98 Å². The summed E-state index contributed by atoms with van der Waals surface area (Å²) in [5, 5.41) is 4.60. The molecule has 0 aliphatic rings. The first-order valence-corrected chi connectivity index (χ1v) is 9.85. The highest BCUT2D eigenvalue weighted by molar-refractivity contribution is 8.00. The van der Waals surface area contributed by atoms with E-state index in [0.29, 0.717) is 26.6 Å². The Balaban J connectivity index is 1.67. The highest BCUT2D eigenvalue weighted by atomic mass is 35.5. The van der Waals surface area contributed by atoms with Gasteiger partial charge in [-0.1, -0.05) is 46.7 Å². The molecule has 2 heterocycles. The summed E-state index contributed by atoms with van der Waals surface area (Å²) in [5.74, 6) is 0.429. The van der Waals surface area contributed by atoms with Crippen LogP contribution in [0.5, 0.6) is 0 Å². The van der Waals surface area contributed by atoms with Crippen LogP contribution in [0.2, 0.25) is 10.0 Å². The van der Waals surface area contributed by atoms with Crippen LogP contribution >= 0.6 is 46.3 Å². The molecule has 0 bridgehead atoms. The van der Waals surface area contributed by atoms with E-state index in [9.17, 15) is 4.79 Å². The maximum absolute atomic E-state index is 12.1. The minimum atomic E-state index is -0.272. The summed E-state index contributed by atoms with van der Waals surface area (Å²) in [4.78, 5) is 20.6. The Morgan fingerprint density at radius 3 is 2.84 bits per heavy atom. The molecule has 0 unspecified atom stereocenters. The molecule has 0 aliphatic carbocycles. The number of aromatic nitrogens is 2. The highest BCUT2D eigenvalue weighted by Gasteiger charge is 2.13. The Hall–Kier alpha value is -1.60. The lowest BCUT2D eigenvalue weighted by Crippen LogP contribution is -2.13. The van der Waals surface area contributed by atoms with Crippen molar-refractivity contribution < 1.29 is 4.79 Å². The van der Waals surface area contributed by atoms with Crippen molar-refractivity contribution in [2.75, 3.05) is 5.32 Å². The van der Waals surface area contributed by atoms with Crippen LogP contribution in [0, 0.1) is 6.92 Å².